The fraction of sp³-hybridized carbons (Fsp3) is 0.500. The lowest BCUT2D eigenvalue weighted by Gasteiger charge is -2.11. The molecule has 0 aliphatic heterocycles. The molecule has 108 valence electrons. The molecule has 1 atom stereocenters. The molecule has 4 heteroatoms. The third-order valence-electron chi connectivity index (χ3n) is 3.66. The molecular weight excluding hydrogens is 248 g/mol. The summed E-state index contributed by atoms with van der Waals surface area (Å²) in [7, 11) is 0. The Bertz CT molecular complexity index is 554. The monoisotopic (exact) mass is 272 g/mol. The lowest BCUT2D eigenvalue weighted by molar-refractivity contribution is 0.579. The second kappa shape index (κ2) is 6.18. The predicted molar refractivity (Wildman–Crippen MR) is 82.3 cm³/mol. The first-order chi connectivity index (χ1) is 9.54. The lowest BCUT2D eigenvalue weighted by Crippen LogP contribution is -2.19. The summed E-state index contributed by atoms with van der Waals surface area (Å²) >= 11 is 0. The van der Waals surface area contributed by atoms with E-state index < -0.39 is 0 Å². The maximum atomic E-state index is 4.32. The summed E-state index contributed by atoms with van der Waals surface area (Å²) in [6, 6.07) is 8.77. The molecule has 1 aromatic carbocycles. The molecule has 0 fully saturated rings. The fourth-order valence-corrected chi connectivity index (χ4v) is 2.39. The zero-order valence-corrected chi connectivity index (χ0v) is 13.0. The molecule has 2 aromatic rings. The van der Waals surface area contributed by atoms with Crippen LogP contribution in [0.5, 0.6) is 0 Å². The molecule has 0 saturated carbocycles. The number of nitrogens with one attached hydrogen (secondary N) is 1. The maximum Gasteiger partial charge on any atom is 0.103 e. The minimum atomic E-state index is 0.226. The van der Waals surface area contributed by atoms with Gasteiger partial charge in [-0.15, -0.1) is 5.10 Å². The van der Waals surface area contributed by atoms with Crippen molar-refractivity contribution < 1.29 is 0 Å². The Morgan fingerprint density at radius 1 is 1.15 bits per heavy atom. The maximum absolute atomic E-state index is 4.32. The molecule has 0 bridgehead atoms. The van der Waals surface area contributed by atoms with Gasteiger partial charge in [0.05, 0.1) is 17.4 Å². The molecule has 1 aromatic heterocycles. The molecule has 0 saturated heterocycles. The van der Waals surface area contributed by atoms with Crippen molar-refractivity contribution in [1.82, 2.24) is 20.3 Å². The van der Waals surface area contributed by atoms with Gasteiger partial charge in [-0.05, 0) is 44.0 Å². The van der Waals surface area contributed by atoms with E-state index in [2.05, 4.69) is 74.5 Å². The zero-order chi connectivity index (χ0) is 14.7. The van der Waals surface area contributed by atoms with Crippen molar-refractivity contribution in [2.45, 2.75) is 46.6 Å². The second-order valence-electron chi connectivity index (χ2n) is 5.50. The topological polar surface area (TPSA) is 42.7 Å². The van der Waals surface area contributed by atoms with Crippen LogP contribution < -0.4 is 5.32 Å². The van der Waals surface area contributed by atoms with Gasteiger partial charge in [0.2, 0.25) is 0 Å². The first-order valence-electron chi connectivity index (χ1n) is 7.30. The third-order valence-corrected chi connectivity index (χ3v) is 3.66. The van der Waals surface area contributed by atoms with E-state index in [1.165, 1.54) is 5.56 Å². The van der Waals surface area contributed by atoms with Crippen LogP contribution in [0.3, 0.4) is 0 Å². The number of hydrogen-bond donors (Lipinski definition) is 1. The Labute approximate surface area is 121 Å². The highest BCUT2D eigenvalue weighted by Gasteiger charge is 2.15. The van der Waals surface area contributed by atoms with E-state index in [-0.39, 0.29) is 6.04 Å². The quantitative estimate of drug-likeness (QED) is 0.907. The van der Waals surface area contributed by atoms with E-state index >= 15 is 0 Å². The largest absolute Gasteiger partial charge is 0.309 e. The van der Waals surface area contributed by atoms with Gasteiger partial charge < -0.3 is 5.32 Å². The number of hydrogen-bond acceptors (Lipinski definition) is 3. The van der Waals surface area contributed by atoms with Crippen molar-refractivity contribution in [2.24, 2.45) is 0 Å². The molecule has 1 N–H and O–H groups in total. The summed E-state index contributed by atoms with van der Waals surface area (Å²) in [5.74, 6) is 0.547. The van der Waals surface area contributed by atoms with Crippen molar-refractivity contribution >= 4 is 0 Å². The van der Waals surface area contributed by atoms with Crippen LogP contribution in [0.2, 0.25) is 0 Å². The van der Waals surface area contributed by atoms with Crippen molar-refractivity contribution in [1.29, 1.82) is 0 Å². The molecule has 0 aliphatic rings. The van der Waals surface area contributed by atoms with Crippen LogP contribution in [-0.2, 0) is 0 Å². The Morgan fingerprint density at radius 2 is 1.80 bits per heavy atom. The van der Waals surface area contributed by atoms with Crippen molar-refractivity contribution in [2.75, 3.05) is 6.54 Å². The smallest absolute Gasteiger partial charge is 0.103 e. The Hall–Kier alpha value is -1.68. The van der Waals surface area contributed by atoms with E-state index in [0.717, 1.165) is 23.6 Å². The molecule has 20 heavy (non-hydrogen) atoms. The number of benzene rings is 1. The Kier molecular flexibility index (Phi) is 4.55. The van der Waals surface area contributed by atoms with Gasteiger partial charge in [-0.25, -0.2) is 4.68 Å². The van der Waals surface area contributed by atoms with Crippen LogP contribution in [-0.4, -0.2) is 21.5 Å². The highest BCUT2D eigenvalue weighted by Crippen LogP contribution is 2.20. The van der Waals surface area contributed by atoms with E-state index in [0.29, 0.717) is 5.92 Å². The van der Waals surface area contributed by atoms with E-state index in [4.69, 9.17) is 0 Å². The summed E-state index contributed by atoms with van der Waals surface area (Å²) in [5, 5.41) is 12.0. The first kappa shape index (κ1) is 14.7. The van der Waals surface area contributed by atoms with E-state index in [1.807, 2.05) is 4.68 Å². The highest BCUT2D eigenvalue weighted by atomic mass is 15.4. The second-order valence-corrected chi connectivity index (χ2v) is 5.50. The molecular formula is C16H24N4. The van der Waals surface area contributed by atoms with Crippen LogP contribution in [0.1, 0.15) is 56.6 Å². The SMILES string of the molecule is CCNC(C)c1nnn(-c2ccc(C(C)C)cc2)c1C. The Morgan fingerprint density at radius 3 is 2.35 bits per heavy atom. The molecule has 1 unspecified atom stereocenters. The number of rotatable bonds is 5. The molecule has 0 spiro atoms. The molecule has 0 aliphatic carbocycles. The van der Waals surface area contributed by atoms with Crippen LogP contribution in [0.4, 0.5) is 0 Å². The average Bonchev–Trinajstić information content (AvgIpc) is 2.81. The van der Waals surface area contributed by atoms with Gasteiger partial charge in [0.1, 0.15) is 5.69 Å². The molecule has 0 amide bonds. The molecule has 4 nitrogen and oxygen atoms in total. The summed E-state index contributed by atoms with van der Waals surface area (Å²) in [6.07, 6.45) is 0. The summed E-state index contributed by atoms with van der Waals surface area (Å²) in [6.45, 7) is 11.6. The normalized spacial score (nSPS) is 12.9. The fourth-order valence-electron chi connectivity index (χ4n) is 2.39. The van der Waals surface area contributed by atoms with Gasteiger partial charge in [-0.1, -0.05) is 38.1 Å². The number of aromatic nitrogens is 3. The van der Waals surface area contributed by atoms with Crippen molar-refractivity contribution in [3.63, 3.8) is 0 Å². The van der Waals surface area contributed by atoms with Gasteiger partial charge in [-0.2, -0.15) is 0 Å². The predicted octanol–water partition coefficient (Wildman–Crippen LogP) is 3.37. The first-order valence-corrected chi connectivity index (χ1v) is 7.30. The van der Waals surface area contributed by atoms with Gasteiger partial charge in [0.25, 0.3) is 0 Å². The van der Waals surface area contributed by atoms with Gasteiger partial charge in [-0.3, -0.25) is 0 Å². The van der Waals surface area contributed by atoms with Crippen LogP contribution in [0.15, 0.2) is 24.3 Å². The van der Waals surface area contributed by atoms with Crippen LogP contribution in [0.25, 0.3) is 5.69 Å². The average molecular weight is 272 g/mol. The highest BCUT2D eigenvalue weighted by molar-refractivity contribution is 5.37. The number of nitrogens with zero attached hydrogens (tertiary/aromatic N) is 3. The standard InChI is InChI=1S/C16H24N4/c1-6-17-12(4)16-13(5)20(19-18-16)15-9-7-14(8-10-15)11(2)3/h7-12,17H,6H2,1-5H3. The minimum absolute atomic E-state index is 0.226. The summed E-state index contributed by atoms with van der Waals surface area (Å²) in [4.78, 5) is 0. The van der Waals surface area contributed by atoms with Crippen LogP contribution >= 0.6 is 0 Å². The lowest BCUT2D eigenvalue weighted by atomic mass is 10.0. The van der Waals surface area contributed by atoms with Crippen LogP contribution in [0, 0.1) is 6.92 Å². The minimum Gasteiger partial charge on any atom is -0.309 e. The van der Waals surface area contributed by atoms with Gasteiger partial charge >= 0.3 is 0 Å². The van der Waals surface area contributed by atoms with Gasteiger partial charge in [0, 0.05) is 0 Å². The molecule has 1 heterocycles. The summed E-state index contributed by atoms with van der Waals surface area (Å²) in [5.41, 5.74) is 4.51. The van der Waals surface area contributed by atoms with Crippen molar-refractivity contribution in [3.8, 4) is 5.69 Å². The third kappa shape index (κ3) is 2.90. The zero-order valence-electron chi connectivity index (χ0n) is 13.0. The Balaban J connectivity index is 2.29. The summed E-state index contributed by atoms with van der Waals surface area (Å²) < 4.78 is 1.91. The van der Waals surface area contributed by atoms with Crippen molar-refractivity contribution in [3.05, 3.63) is 41.2 Å². The molecule has 0 radical (unpaired) electrons. The van der Waals surface area contributed by atoms with Gasteiger partial charge in [0.15, 0.2) is 0 Å². The van der Waals surface area contributed by atoms with E-state index in [1.54, 1.807) is 0 Å². The molecule has 2 rings (SSSR count). The van der Waals surface area contributed by atoms with E-state index in [9.17, 15) is 0 Å².